The van der Waals surface area contributed by atoms with Crippen LogP contribution in [0.25, 0.3) is 10.9 Å². The van der Waals surface area contributed by atoms with E-state index in [-0.39, 0.29) is 5.95 Å². The molecule has 0 unspecified atom stereocenters. The highest BCUT2D eigenvalue weighted by Crippen LogP contribution is 2.24. The molecule has 0 atom stereocenters. The van der Waals surface area contributed by atoms with Gasteiger partial charge in [0.25, 0.3) is 0 Å². The molecule has 0 saturated heterocycles. The highest BCUT2D eigenvalue weighted by Gasteiger charge is 2.09. The number of esters is 1. The summed E-state index contributed by atoms with van der Waals surface area (Å²) in [7, 11) is 0. The van der Waals surface area contributed by atoms with Crippen LogP contribution in [0.4, 0.5) is 0 Å². The molecule has 2 aromatic rings. The summed E-state index contributed by atoms with van der Waals surface area (Å²) in [6, 6.07) is 7.23. The third kappa shape index (κ3) is 1.38. The molecule has 2 rings (SSSR count). The molecule has 0 N–H and O–H groups in total. The summed E-state index contributed by atoms with van der Waals surface area (Å²) >= 11 is 0. The van der Waals surface area contributed by atoms with E-state index in [4.69, 9.17) is 9.26 Å². The van der Waals surface area contributed by atoms with Gasteiger partial charge in [0.1, 0.15) is 5.52 Å². The Labute approximate surface area is 74.1 Å². The molecule has 0 aliphatic carbocycles. The first-order valence-electron chi connectivity index (χ1n) is 3.80. The van der Waals surface area contributed by atoms with E-state index in [1.165, 1.54) is 6.92 Å². The number of rotatable bonds is 1. The van der Waals surface area contributed by atoms with Crippen LogP contribution in [0.2, 0.25) is 0 Å². The minimum Gasteiger partial charge on any atom is -0.391 e. The lowest BCUT2D eigenvalue weighted by Crippen LogP contribution is -2.00. The molecule has 0 aliphatic rings. The second-order valence-corrected chi connectivity index (χ2v) is 2.58. The third-order valence-corrected chi connectivity index (χ3v) is 1.59. The summed E-state index contributed by atoms with van der Waals surface area (Å²) < 4.78 is 9.63. The van der Waals surface area contributed by atoms with Crippen molar-refractivity contribution in [3.63, 3.8) is 0 Å². The largest absolute Gasteiger partial charge is 0.391 e. The predicted molar refractivity (Wildman–Crippen MR) is 45.3 cm³/mol. The van der Waals surface area contributed by atoms with Crippen molar-refractivity contribution in [2.45, 2.75) is 6.92 Å². The van der Waals surface area contributed by atoms with Crippen LogP contribution in [0.1, 0.15) is 6.92 Å². The van der Waals surface area contributed by atoms with Crippen LogP contribution >= 0.6 is 0 Å². The fourth-order valence-corrected chi connectivity index (χ4v) is 1.07. The number of aromatic nitrogens is 1. The Balaban J connectivity index is 2.51. The molecule has 0 amide bonds. The molecule has 0 saturated carbocycles. The molecule has 1 aromatic carbocycles. The van der Waals surface area contributed by atoms with Gasteiger partial charge < -0.3 is 9.26 Å². The van der Waals surface area contributed by atoms with E-state index < -0.39 is 5.97 Å². The zero-order valence-electron chi connectivity index (χ0n) is 6.98. The molecule has 0 fully saturated rings. The highest BCUT2D eigenvalue weighted by molar-refractivity contribution is 5.85. The summed E-state index contributed by atoms with van der Waals surface area (Å²) in [5.41, 5.74) is 0.679. The summed E-state index contributed by atoms with van der Waals surface area (Å²) in [5.74, 6) is -0.259. The first-order chi connectivity index (χ1) is 6.27. The molecular formula is C9H7NO3. The Hall–Kier alpha value is -1.84. The summed E-state index contributed by atoms with van der Waals surface area (Å²) in [5, 5.41) is 4.43. The fraction of sp³-hybridized carbons (Fsp3) is 0.111. The lowest BCUT2D eigenvalue weighted by Gasteiger charge is -1.92. The predicted octanol–water partition coefficient (Wildman–Crippen LogP) is 1.75. The summed E-state index contributed by atoms with van der Waals surface area (Å²) in [6.07, 6.45) is 0. The molecule has 4 heteroatoms. The van der Waals surface area contributed by atoms with Crippen LogP contribution in [-0.2, 0) is 4.79 Å². The van der Waals surface area contributed by atoms with Gasteiger partial charge in [0.2, 0.25) is 0 Å². The SMILES string of the molecule is CC(=O)Oc1onc2ccccc12. The lowest BCUT2D eigenvalue weighted by atomic mass is 10.2. The normalized spacial score (nSPS) is 10.2. The van der Waals surface area contributed by atoms with Crippen LogP contribution in [0.5, 0.6) is 5.95 Å². The van der Waals surface area contributed by atoms with Crippen molar-refractivity contribution < 1.29 is 14.1 Å². The van der Waals surface area contributed by atoms with Crippen LogP contribution in [0.3, 0.4) is 0 Å². The molecular weight excluding hydrogens is 170 g/mol. The van der Waals surface area contributed by atoms with Gasteiger partial charge in [-0.05, 0) is 12.1 Å². The topological polar surface area (TPSA) is 52.3 Å². The number of nitrogens with zero attached hydrogens (tertiary/aromatic N) is 1. The van der Waals surface area contributed by atoms with Crippen molar-refractivity contribution in [2.75, 3.05) is 0 Å². The number of carbonyl (C=O) groups excluding carboxylic acids is 1. The number of carbonyl (C=O) groups is 1. The van der Waals surface area contributed by atoms with Crippen LogP contribution in [-0.4, -0.2) is 11.1 Å². The minimum absolute atomic E-state index is 0.156. The second kappa shape index (κ2) is 2.90. The molecule has 1 heterocycles. The van der Waals surface area contributed by atoms with E-state index in [1.54, 1.807) is 12.1 Å². The Morgan fingerprint density at radius 3 is 3.00 bits per heavy atom. The molecule has 0 radical (unpaired) electrons. The first-order valence-corrected chi connectivity index (χ1v) is 3.80. The summed E-state index contributed by atoms with van der Waals surface area (Å²) in [4.78, 5) is 10.6. The zero-order valence-corrected chi connectivity index (χ0v) is 6.98. The van der Waals surface area contributed by atoms with Gasteiger partial charge in [-0.1, -0.05) is 17.3 Å². The van der Waals surface area contributed by atoms with Crippen molar-refractivity contribution in [3.05, 3.63) is 24.3 Å². The number of fused-ring (bicyclic) bond motifs is 1. The summed E-state index contributed by atoms with van der Waals surface area (Å²) in [6.45, 7) is 1.32. The molecule has 13 heavy (non-hydrogen) atoms. The van der Waals surface area contributed by atoms with E-state index in [0.29, 0.717) is 10.9 Å². The molecule has 4 nitrogen and oxygen atoms in total. The number of benzene rings is 1. The van der Waals surface area contributed by atoms with Crippen LogP contribution < -0.4 is 4.74 Å². The number of hydrogen-bond donors (Lipinski definition) is 0. The van der Waals surface area contributed by atoms with Gasteiger partial charge >= 0.3 is 11.9 Å². The van der Waals surface area contributed by atoms with Crippen molar-refractivity contribution >= 4 is 16.9 Å². The van der Waals surface area contributed by atoms with Crippen LogP contribution in [0, 0.1) is 0 Å². The average molecular weight is 177 g/mol. The maximum Gasteiger partial charge on any atom is 0.326 e. The maximum absolute atomic E-state index is 10.6. The molecule has 0 spiro atoms. The highest BCUT2D eigenvalue weighted by atomic mass is 16.6. The smallest absolute Gasteiger partial charge is 0.326 e. The second-order valence-electron chi connectivity index (χ2n) is 2.58. The van der Waals surface area contributed by atoms with E-state index in [1.807, 2.05) is 12.1 Å². The van der Waals surface area contributed by atoms with Gasteiger partial charge in [-0.15, -0.1) is 0 Å². The Morgan fingerprint density at radius 1 is 1.46 bits per heavy atom. The van der Waals surface area contributed by atoms with Gasteiger partial charge in [0.05, 0.1) is 5.39 Å². The monoisotopic (exact) mass is 177 g/mol. The van der Waals surface area contributed by atoms with Crippen molar-refractivity contribution in [1.29, 1.82) is 0 Å². The number of hydrogen-bond acceptors (Lipinski definition) is 4. The van der Waals surface area contributed by atoms with E-state index in [0.717, 1.165) is 0 Å². The lowest BCUT2D eigenvalue weighted by molar-refractivity contribution is -0.133. The maximum atomic E-state index is 10.6. The molecule has 66 valence electrons. The van der Waals surface area contributed by atoms with E-state index >= 15 is 0 Å². The minimum atomic E-state index is -0.415. The van der Waals surface area contributed by atoms with E-state index in [2.05, 4.69) is 5.16 Å². The standard InChI is InChI=1S/C9H7NO3/c1-6(11)12-9-7-4-2-3-5-8(7)10-13-9/h2-5H,1H3. The fourth-order valence-electron chi connectivity index (χ4n) is 1.07. The first kappa shape index (κ1) is 7.79. The quantitative estimate of drug-likeness (QED) is 0.622. The van der Waals surface area contributed by atoms with Gasteiger partial charge in [0.15, 0.2) is 0 Å². The zero-order chi connectivity index (χ0) is 9.26. The van der Waals surface area contributed by atoms with E-state index in [9.17, 15) is 4.79 Å². The van der Waals surface area contributed by atoms with Crippen molar-refractivity contribution in [3.8, 4) is 5.95 Å². The Kier molecular flexibility index (Phi) is 1.73. The third-order valence-electron chi connectivity index (χ3n) is 1.59. The molecule has 0 bridgehead atoms. The Bertz CT molecular complexity index is 447. The molecule has 1 aromatic heterocycles. The molecule has 0 aliphatic heterocycles. The Morgan fingerprint density at radius 2 is 2.23 bits per heavy atom. The van der Waals surface area contributed by atoms with Gasteiger partial charge in [-0.25, -0.2) is 0 Å². The van der Waals surface area contributed by atoms with Gasteiger partial charge in [-0.3, -0.25) is 4.79 Å². The van der Waals surface area contributed by atoms with Gasteiger partial charge in [-0.2, -0.15) is 0 Å². The average Bonchev–Trinajstić information content (AvgIpc) is 2.48. The number of ether oxygens (including phenoxy) is 1. The van der Waals surface area contributed by atoms with Crippen molar-refractivity contribution in [1.82, 2.24) is 5.16 Å². The van der Waals surface area contributed by atoms with Gasteiger partial charge in [0, 0.05) is 6.92 Å². The van der Waals surface area contributed by atoms with Crippen LogP contribution in [0.15, 0.2) is 28.8 Å². The van der Waals surface area contributed by atoms with Crippen molar-refractivity contribution in [2.24, 2.45) is 0 Å².